The van der Waals surface area contributed by atoms with Gasteiger partial charge in [0.15, 0.2) is 0 Å². The highest BCUT2D eigenvalue weighted by atomic mass is 32.2. The highest BCUT2D eigenvalue weighted by Gasteiger charge is 2.38. The minimum Gasteiger partial charge on any atom is -0.258 e. The number of nitro groups is 3. The predicted octanol–water partition coefficient (Wildman–Crippen LogP) is 3.70. The van der Waals surface area contributed by atoms with Gasteiger partial charge in [-0.05, 0) is 18.2 Å². The topological polar surface area (TPSA) is 129 Å². The Morgan fingerprint density at radius 1 is 0.783 bits per heavy atom. The first-order chi connectivity index (χ1) is 10.9. The molecule has 0 unspecified atom stereocenters. The Hall–Kier alpha value is -3.01. The lowest BCUT2D eigenvalue weighted by atomic mass is 10.1. The van der Waals surface area contributed by atoms with E-state index in [0.29, 0.717) is 0 Å². The molecule has 23 heavy (non-hydrogen) atoms. The van der Waals surface area contributed by atoms with Gasteiger partial charge in [-0.25, -0.2) is 0 Å². The lowest BCUT2D eigenvalue weighted by molar-refractivity contribution is -0.441. The largest absolute Gasteiger partial charge is 0.422 e. The Kier molecular flexibility index (Phi) is 4.86. The molecule has 10 heteroatoms. The summed E-state index contributed by atoms with van der Waals surface area (Å²) in [5.41, 5.74) is -2.77. The lowest BCUT2D eigenvalue weighted by Crippen LogP contribution is -2.04. The molecule has 0 bridgehead atoms. The average molecular weight is 335 g/mol. The summed E-state index contributed by atoms with van der Waals surface area (Å²) in [6, 6.07) is 11.1. The smallest absolute Gasteiger partial charge is 0.258 e. The zero-order chi connectivity index (χ0) is 17.0. The van der Waals surface area contributed by atoms with Gasteiger partial charge in [-0.2, -0.15) is 0 Å². The molecule has 0 aliphatic rings. The Balaban J connectivity index is 2.47. The summed E-state index contributed by atoms with van der Waals surface area (Å²) in [4.78, 5) is 30.9. The average Bonchev–Trinajstić information content (AvgIpc) is 2.52. The number of nitro benzene ring substituents is 3. The van der Waals surface area contributed by atoms with E-state index in [1.165, 1.54) is 17.8 Å². The first-order valence-electron chi connectivity index (χ1n) is 6.18. The van der Waals surface area contributed by atoms with Crippen LogP contribution in [0.5, 0.6) is 0 Å². The molecule has 0 atom stereocenters. The van der Waals surface area contributed by atoms with Crippen molar-refractivity contribution in [2.45, 2.75) is 10.6 Å². The van der Waals surface area contributed by atoms with E-state index < -0.39 is 31.8 Å². The molecule has 2 aromatic rings. The van der Waals surface area contributed by atoms with Crippen molar-refractivity contribution in [3.8, 4) is 0 Å². The Bertz CT molecular complexity index is 781. The second-order valence-electron chi connectivity index (χ2n) is 4.31. The van der Waals surface area contributed by atoms with Crippen LogP contribution in [-0.4, -0.2) is 14.8 Å². The van der Waals surface area contributed by atoms with Gasteiger partial charge in [-0.1, -0.05) is 18.2 Å². The van der Waals surface area contributed by atoms with E-state index in [1.54, 1.807) is 24.3 Å². The quantitative estimate of drug-likeness (QED) is 0.447. The van der Waals surface area contributed by atoms with Gasteiger partial charge in [0, 0.05) is 22.3 Å². The number of nitrogens with zero attached hydrogens (tertiary/aromatic N) is 3. The van der Waals surface area contributed by atoms with Crippen molar-refractivity contribution in [1.82, 2.24) is 0 Å². The molecule has 2 rings (SSSR count). The molecule has 2 aromatic carbocycles. The zero-order valence-corrected chi connectivity index (χ0v) is 12.3. The van der Waals surface area contributed by atoms with Crippen LogP contribution in [0.15, 0.2) is 47.4 Å². The highest BCUT2D eigenvalue weighted by Crippen LogP contribution is 2.40. The minimum atomic E-state index is -1.09. The first kappa shape index (κ1) is 16.4. The second kappa shape index (κ2) is 6.83. The first-order valence-corrected chi connectivity index (χ1v) is 7.17. The third-order valence-electron chi connectivity index (χ3n) is 2.91. The lowest BCUT2D eigenvalue weighted by Gasteiger charge is -2.04. The molecule has 0 saturated heterocycles. The Morgan fingerprint density at radius 3 is 1.91 bits per heavy atom. The van der Waals surface area contributed by atoms with E-state index in [-0.39, 0.29) is 11.3 Å². The fraction of sp³-hybridized carbons (Fsp3) is 0.0769. The van der Waals surface area contributed by atoms with Crippen LogP contribution in [0.4, 0.5) is 17.1 Å². The molecule has 0 heterocycles. The second-order valence-corrected chi connectivity index (χ2v) is 5.36. The molecule has 9 nitrogen and oxygen atoms in total. The molecular formula is C13H9N3O6S. The normalized spacial score (nSPS) is 10.3. The summed E-state index contributed by atoms with van der Waals surface area (Å²) in [5.74, 6) is 0.0825. The number of thioether (sulfide) groups is 1. The van der Waals surface area contributed by atoms with E-state index in [9.17, 15) is 30.3 Å². The van der Waals surface area contributed by atoms with Crippen LogP contribution < -0.4 is 0 Å². The maximum absolute atomic E-state index is 11.2. The van der Waals surface area contributed by atoms with Crippen LogP contribution in [0, 0.1) is 30.3 Å². The number of hydrogen-bond donors (Lipinski definition) is 0. The Morgan fingerprint density at radius 2 is 1.39 bits per heavy atom. The van der Waals surface area contributed by atoms with Gasteiger partial charge in [-0.3, -0.25) is 30.3 Å². The van der Waals surface area contributed by atoms with Gasteiger partial charge in [-0.15, -0.1) is 11.8 Å². The fourth-order valence-corrected chi connectivity index (χ4v) is 2.84. The van der Waals surface area contributed by atoms with Crippen molar-refractivity contribution in [2.24, 2.45) is 0 Å². The third-order valence-corrected chi connectivity index (χ3v) is 3.97. The summed E-state index contributed by atoms with van der Waals surface area (Å²) >= 11 is 1.24. The summed E-state index contributed by atoms with van der Waals surface area (Å²) in [5, 5.41) is 33.1. The molecule has 0 spiro atoms. The van der Waals surface area contributed by atoms with Crippen molar-refractivity contribution in [3.63, 3.8) is 0 Å². The zero-order valence-electron chi connectivity index (χ0n) is 11.4. The van der Waals surface area contributed by atoms with Gasteiger partial charge >= 0.3 is 17.1 Å². The Labute approximate surface area is 133 Å². The molecule has 0 aromatic heterocycles. The number of hydrogen-bond acceptors (Lipinski definition) is 7. The van der Waals surface area contributed by atoms with E-state index in [2.05, 4.69) is 0 Å². The van der Waals surface area contributed by atoms with Crippen LogP contribution in [0.1, 0.15) is 5.56 Å². The van der Waals surface area contributed by atoms with Gasteiger partial charge in [0.2, 0.25) is 0 Å². The molecule has 0 aliphatic heterocycles. The van der Waals surface area contributed by atoms with Gasteiger partial charge in [0.1, 0.15) is 0 Å². The summed E-state index contributed by atoms with van der Waals surface area (Å²) in [7, 11) is 0. The molecule has 0 saturated carbocycles. The van der Waals surface area contributed by atoms with Crippen molar-refractivity contribution in [1.29, 1.82) is 0 Å². The van der Waals surface area contributed by atoms with Crippen molar-refractivity contribution in [2.75, 3.05) is 0 Å². The maximum atomic E-state index is 11.2. The predicted molar refractivity (Wildman–Crippen MR) is 82.4 cm³/mol. The number of rotatable bonds is 6. The standard InChI is InChI=1S/C13H9N3O6S/c17-14(18)11-7-6-9(8-23-10-4-2-1-3-5-10)12(15(19)20)13(11)16(21)22/h1-7H,8H2. The fourth-order valence-electron chi connectivity index (χ4n) is 1.94. The van der Waals surface area contributed by atoms with Crippen LogP contribution >= 0.6 is 11.8 Å². The van der Waals surface area contributed by atoms with Crippen molar-refractivity contribution < 1.29 is 14.8 Å². The van der Waals surface area contributed by atoms with Gasteiger partial charge < -0.3 is 0 Å². The molecule has 0 aliphatic carbocycles. The van der Waals surface area contributed by atoms with Crippen LogP contribution in [0.3, 0.4) is 0 Å². The summed E-state index contributed by atoms with van der Waals surface area (Å²) < 4.78 is 0. The van der Waals surface area contributed by atoms with Crippen molar-refractivity contribution >= 4 is 28.8 Å². The van der Waals surface area contributed by atoms with Gasteiger partial charge in [0.25, 0.3) is 0 Å². The SMILES string of the molecule is O=[N+]([O-])c1ccc(CSc2ccccc2)c([N+](=O)[O-])c1[N+](=O)[O-]. The van der Waals surface area contributed by atoms with Crippen LogP contribution in [0.2, 0.25) is 0 Å². The van der Waals surface area contributed by atoms with E-state index in [0.717, 1.165) is 11.0 Å². The van der Waals surface area contributed by atoms with E-state index >= 15 is 0 Å². The van der Waals surface area contributed by atoms with Crippen LogP contribution in [0.25, 0.3) is 0 Å². The molecule has 0 amide bonds. The van der Waals surface area contributed by atoms with E-state index in [1.807, 2.05) is 6.07 Å². The molecular weight excluding hydrogens is 326 g/mol. The van der Waals surface area contributed by atoms with Crippen LogP contribution in [-0.2, 0) is 5.75 Å². The minimum absolute atomic E-state index is 0.0566. The molecule has 0 fully saturated rings. The van der Waals surface area contributed by atoms with E-state index in [4.69, 9.17) is 0 Å². The summed E-state index contributed by atoms with van der Waals surface area (Å²) in [6.07, 6.45) is 0. The maximum Gasteiger partial charge on any atom is 0.422 e. The van der Waals surface area contributed by atoms with Gasteiger partial charge in [0.05, 0.1) is 14.8 Å². The number of benzene rings is 2. The van der Waals surface area contributed by atoms with Crippen molar-refractivity contribution in [3.05, 3.63) is 78.4 Å². The molecule has 0 N–H and O–H groups in total. The molecule has 0 radical (unpaired) electrons. The highest BCUT2D eigenvalue weighted by molar-refractivity contribution is 7.98. The summed E-state index contributed by atoms with van der Waals surface area (Å²) in [6.45, 7) is 0. The monoisotopic (exact) mass is 335 g/mol. The third kappa shape index (κ3) is 3.61. The molecule has 118 valence electrons.